The van der Waals surface area contributed by atoms with Crippen LogP contribution in [0.4, 0.5) is 5.69 Å². The number of nitrogens with one attached hydrogen (secondary N) is 1. The quantitative estimate of drug-likeness (QED) is 0.679. The molecule has 0 aliphatic carbocycles. The zero-order valence-corrected chi connectivity index (χ0v) is 13.8. The molecular formula is C14H19BBrNO3. The first kappa shape index (κ1) is 15.5. The van der Waals surface area contributed by atoms with Crippen molar-refractivity contribution < 1.29 is 14.1 Å². The first-order valence-electron chi connectivity index (χ1n) is 6.57. The van der Waals surface area contributed by atoms with Crippen molar-refractivity contribution in [1.82, 2.24) is 0 Å². The number of alkyl halides is 1. The summed E-state index contributed by atoms with van der Waals surface area (Å²) in [5, 5.41) is 3.10. The smallest absolute Gasteiger partial charge is 0.399 e. The molecule has 20 heavy (non-hydrogen) atoms. The van der Waals surface area contributed by atoms with E-state index in [-0.39, 0.29) is 11.2 Å². The third-order valence-corrected chi connectivity index (χ3v) is 4.37. The number of carbonyl (C=O) groups excluding carboxylic acids is 1. The minimum Gasteiger partial charge on any atom is -0.399 e. The van der Waals surface area contributed by atoms with E-state index in [0.29, 0.717) is 0 Å². The lowest BCUT2D eigenvalue weighted by Crippen LogP contribution is -2.41. The third kappa shape index (κ3) is 2.92. The van der Waals surface area contributed by atoms with Crippen LogP contribution in [-0.2, 0) is 14.1 Å². The normalized spacial score (nSPS) is 19.9. The summed E-state index contributed by atoms with van der Waals surface area (Å²) in [5.41, 5.74) is 0.755. The predicted molar refractivity (Wildman–Crippen MR) is 84.6 cm³/mol. The van der Waals surface area contributed by atoms with Crippen LogP contribution >= 0.6 is 15.9 Å². The Morgan fingerprint density at radius 3 is 2.30 bits per heavy atom. The number of hydrogen-bond donors (Lipinski definition) is 1. The monoisotopic (exact) mass is 339 g/mol. The second kappa shape index (κ2) is 5.50. The third-order valence-electron chi connectivity index (χ3n) is 3.86. The first-order chi connectivity index (χ1) is 9.27. The highest BCUT2D eigenvalue weighted by Crippen LogP contribution is 2.36. The van der Waals surface area contributed by atoms with E-state index in [0.717, 1.165) is 11.2 Å². The summed E-state index contributed by atoms with van der Waals surface area (Å²) in [5.74, 6) is -0.103. The van der Waals surface area contributed by atoms with Crippen molar-refractivity contribution in [3.8, 4) is 0 Å². The van der Waals surface area contributed by atoms with E-state index in [1.165, 1.54) is 0 Å². The second-order valence-electron chi connectivity index (χ2n) is 5.86. The highest BCUT2D eigenvalue weighted by atomic mass is 79.9. The number of rotatable bonds is 3. The van der Waals surface area contributed by atoms with Crippen molar-refractivity contribution in [2.24, 2.45) is 0 Å². The second-order valence-corrected chi connectivity index (χ2v) is 6.42. The minimum absolute atomic E-state index is 0.103. The number of hydrogen-bond acceptors (Lipinski definition) is 3. The number of carbonyl (C=O) groups is 1. The molecule has 0 radical (unpaired) electrons. The van der Waals surface area contributed by atoms with Crippen molar-refractivity contribution in [2.75, 3.05) is 10.6 Å². The van der Waals surface area contributed by atoms with Crippen molar-refractivity contribution in [3.05, 3.63) is 24.3 Å². The summed E-state index contributed by atoms with van der Waals surface area (Å²) in [7, 11) is -0.480. The zero-order chi connectivity index (χ0) is 15.0. The van der Waals surface area contributed by atoms with Gasteiger partial charge in [0.25, 0.3) is 0 Å². The fraction of sp³-hybridized carbons (Fsp3) is 0.500. The predicted octanol–water partition coefficient (Wildman–Crippen LogP) is 2.32. The summed E-state index contributed by atoms with van der Waals surface area (Å²) >= 11 is 3.14. The van der Waals surface area contributed by atoms with Gasteiger partial charge in [-0.3, -0.25) is 4.79 Å². The van der Waals surface area contributed by atoms with Crippen LogP contribution in [0.5, 0.6) is 0 Å². The van der Waals surface area contributed by atoms with Gasteiger partial charge in [0.2, 0.25) is 5.91 Å². The summed E-state index contributed by atoms with van der Waals surface area (Å²) in [6, 6.07) is 7.54. The molecule has 0 bridgehead atoms. The molecule has 0 saturated carbocycles. The van der Waals surface area contributed by atoms with E-state index in [2.05, 4.69) is 21.2 Å². The number of para-hydroxylation sites is 1. The van der Waals surface area contributed by atoms with Crippen LogP contribution in [0, 0.1) is 0 Å². The Labute approximate surface area is 128 Å². The van der Waals surface area contributed by atoms with Gasteiger partial charge in [0.15, 0.2) is 0 Å². The molecule has 1 amide bonds. The molecule has 2 rings (SSSR count). The van der Waals surface area contributed by atoms with Crippen molar-refractivity contribution in [3.63, 3.8) is 0 Å². The molecule has 4 nitrogen and oxygen atoms in total. The van der Waals surface area contributed by atoms with Gasteiger partial charge in [0.05, 0.1) is 16.5 Å². The van der Waals surface area contributed by atoms with Gasteiger partial charge in [-0.1, -0.05) is 34.1 Å². The average molecular weight is 340 g/mol. The van der Waals surface area contributed by atoms with E-state index in [4.69, 9.17) is 9.31 Å². The van der Waals surface area contributed by atoms with Crippen molar-refractivity contribution in [2.45, 2.75) is 38.9 Å². The number of anilines is 1. The Morgan fingerprint density at radius 2 is 1.75 bits per heavy atom. The molecule has 0 aromatic heterocycles. The van der Waals surface area contributed by atoms with E-state index in [9.17, 15) is 4.79 Å². The molecule has 1 aliphatic heterocycles. The molecule has 0 atom stereocenters. The number of amides is 1. The van der Waals surface area contributed by atoms with Crippen LogP contribution < -0.4 is 10.8 Å². The van der Waals surface area contributed by atoms with E-state index in [1.807, 2.05) is 52.0 Å². The van der Waals surface area contributed by atoms with Crippen molar-refractivity contribution in [1.29, 1.82) is 0 Å². The molecule has 108 valence electrons. The largest absolute Gasteiger partial charge is 0.496 e. The molecular weight excluding hydrogens is 321 g/mol. The topological polar surface area (TPSA) is 47.6 Å². The van der Waals surface area contributed by atoms with Gasteiger partial charge in [0.1, 0.15) is 0 Å². The SMILES string of the molecule is CC1(C)OB(c2ccccc2NC(=O)CBr)OC1(C)C. The molecule has 0 unspecified atom stereocenters. The maximum absolute atomic E-state index is 11.6. The average Bonchev–Trinajstić information content (AvgIpc) is 2.59. The lowest BCUT2D eigenvalue weighted by atomic mass is 9.78. The Hall–Kier alpha value is -0.845. The molecule has 1 aromatic rings. The van der Waals surface area contributed by atoms with Gasteiger partial charge in [-0.05, 0) is 33.8 Å². The molecule has 1 N–H and O–H groups in total. The standard InChI is InChI=1S/C14H19BBrNO3/c1-13(2)14(3,4)20-15(19-13)10-7-5-6-8-11(10)17-12(18)9-16/h5-8H,9H2,1-4H3,(H,17,18). The molecule has 1 fully saturated rings. The van der Waals surface area contributed by atoms with Crippen LogP contribution in [0.15, 0.2) is 24.3 Å². The van der Waals surface area contributed by atoms with E-state index in [1.54, 1.807) is 0 Å². The Bertz CT molecular complexity index is 503. The van der Waals surface area contributed by atoms with Gasteiger partial charge in [-0.15, -0.1) is 0 Å². The van der Waals surface area contributed by atoms with Crippen LogP contribution in [0.2, 0.25) is 0 Å². The summed E-state index contributed by atoms with van der Waals surface area (Å²) in [6.45, 7) is 8.03. The highest BCUT2D eigenvalue weighted by Gasteiger charge is 2.52. The van der Waals surface area contributed by atoms with E-state index < -0.39 is 18.3 Å². The maximum atomic E-state index is 11.6. The molecule has 1 aromatic carbocycles. The van der Waals surface area contributed by atoms with Gasteiger partial charge in [0, 0.05) is 11.2 Å². The van der Waals surface area contributed by atoms with Crippen LogP contribution in [-0.4, -0.2) is 29.6 Å². The van der Waals surface area contributed by atoms with Crippen LogP contribution in [0.1, 0.15) is 27.7 Å². The fourth-order valence-electron chi connectivity index (χ4n) is 1.97. The fourth-order valence-corrected chi connectivity index (χ4v) is 2.11. The lowest BCUT2D eigenvalue weighted by molar-refractivity contribution is -0.113. The molecule has 0 spiro atoms. The summed E-state index contributed by atoms with van der Waals surface area (Å²) in [6.07, 6.45) is 0. The Balaban J connectivity index is 2.28. The summed E-state index contributed by atoms with van der Waals surface area (Å²) in [4.78, 5) is 11.6. The van der Waals surface area contributed by atoms with Crippen LogP contribution in [0.25, 0.3) is 0 Å². The number of halogens is 1. The molecule has 6 heteroatoms. The van der Waals surface area contributed by atoms with Gasteiger partial charge in [-0.25, -0.2) is 0 Å². The van der Waals surface area contributed by atoms with E-state index >= 15 is 0 Å². The molecule has 1 saturated heterocycles. The summed E-state index contributed by atoms with van der Waals surface area (Å²) < 4.78 is 12.0. The lowest BCUT2D eigenvalue weighted by Gasteiger charge is -2.32. The molecule has 1 aliphatic rings. The number of benzene rings is 1. The Kier molecular flexibility index (Phi) is 4.28. The zero-order valence-electron chi connectivity index (χ0n) is 12.2. The molecule has 1 heterocycles. The van der Waals surface area contributed by atoms with Crippen LogP contribution in [0.3, 0.4) is 0 Å². The van der Waals surface area contributed by atoms with Gasteiger partial charge in [-0.2, -0.15) is 0 Å². The maximum Gasteiger partial charge on any atom is 0.496 e. The Morgan fingerprint density at radius 1 is 1.20 bits per heavy atom. The van der Waals surface area contributed by atoms with Crippen molar-refractivity contribution >= 4 is 40.1 Å². The first-order valence-corrected chi connectivity index (χ1v) is 7.69. The minimum atomic E-state index is -0.480. The van der Waals surface area contributed by atoms with Gasteiger partial charge < -0.3 is 14.6 Å². The van der Waals surface area contributed by atoms with Gasteiger partial charge >= 0.3 is 7.12 Å². The highest BCUT2D eigenvalue weighted by molar-refractivity contribution is 9.09.